The monoisotopic (exact) mass is 548 g/mol. The number of allylic oxidation sites excluding steroid dienone is 8. The standard InChI is InChI=1S/C14H16.2C2H3N.ClH.F6P.Ru/c1-2-6-12-10-14-8-4-3-7-13(14)9-11(12)5-1;2*1-2-3;;1-7(2,3,4,5)6;/h1-4H,5-10H2;2*1H3;1H;;/q;;;;-1;+1/p-1. The van der Waals surface area contributed by atoms with Gasteiger partial charge in [-0.05, 0) is 38.5 Å². The van der Waals surface area contributed by atoms with E-state index >= 15 is 0 Å². The molecule has 0 radical (unpaired) electrons. The molecule has 0 spiro atoms. The number of nitrogens with zero attached hydrogens (tertiary/aromatic N) is 2. The number of hydrogen-bond acceptors (Lipinski definition) is 2. The fourth-order valence-corrected chi connectivity index (χ4v) is 2.78. The Morgan fingerprint density at radius 2 is 0.828 bits per heavy atom. The second-order valence-electron chi connectivity index (χ2n) is 5.93. The van der Waals surface area contributed by atoms with Crippen molar-refractivity contribution in [3.8, 4) is 12.1 Å². The molecule has 29 heavy (non-hydrogen) atoms. The van der Waals surface area contributed by atoms with Crippen molar-refractivity contribution in [2.45, 2.75) is 52.4 Å². The molecule has 0 bridgehead atoms. The van der Waals surface area contributed by atoms with Gasteiger partial charge in [0.25, 0.3) is 0 Å². The molecule has 11 heteroatoms. The molecule has 3 aliphatic rings. The second-order valence-corrected chi connectivity index (χ2v) is 7.85. The Kier molecular flexibility index (Phi) is 13.0. The van der Waals surface area contributed by atoms with E-state index in [1.165, 1.54) is 52.4 Å². The SMILES string of the molecule is C1=CCC2=C(C1)CC1=C(CC=CC1)C2.CC#N.CC#N.F[P-](F)(F)(F)(F)F.[Cl][Ru]. The normalized spacial score (nSPS) is 18.5. The van der Waals surface area contributed by atoms with Gasteiger partial charge in [-0.1, -0.05) is 46.6 Å². The van der Waals surface area contributed by atoms with Crippen LogP contribution in [0.5, 0.6) is 0 Å². The van der Waals surface area contributed by atoms with Gasteiger partial charge >= 0.3 is 60.0 Å². The van der Waals surface area contributed by atoms with Crippen LogP contribution in [0, 0.1) is 22.7 Å². The van der Waals surface area contributed by atoms with Crippen LogP contribution in [-0.2, 0) is 17.3 Å². The Hall–Kier alpha value is -1.14. The van der Waals surface area contributed by atoms with E-state index in [0.29, 0.717) is 0 Å². The predicted octanol–water partition coefficient (Wildman–Crippen LogP) is 9.20. The van der Waals surface area contributed by atoms with E-state index in [0.717, 1.165) is 0 Å². The van der Waals surface area contributed by atoms with Gasteiger partial charge < -0.3 is 0 Å². The van der Waals surface area contributed by atoms with Crippen LogP contribution < -0.4 is 0 Å². The Morgan fingerprint density at radius 1 is 0.690 bits per heavy atom. The van der Waals surface area contributed by atoms with Crippen LogP contribution >= 0.6 is 17.5 Å². The summed E-state index contributed by atoms with van der Waals surface area (Å²) in [5, 5.41) is 14.6. The molecule has 0 atom stereocenters. The number of nitriles is 2. The summed E-state index contributed by atoms with van der Waals surface area (Å²) in [6.07, 6.45) is 16.8. The molecular weight excluding hydrogens is 526 g/mol. The Bertz CT molecular complexity index is 648. The minimum atomic E-state index is -10.7. The summed E-state index contributed by atoms with van der Waals surface area (Å²) in [4.78, 5) is 0. The van der Waals surface area contributed by atoms with Gasteiger partial charge in [-0.2, -0.15) is 10.5 Å². The van der Waals surface area contributed by atoms with E-state index in [4.69, 9.17) is 10.5 Å². The van der Waals surface area contributed by atoms with Crippen LogP contribution in [0.1, 0.15) is 52.4 Å². The van der Waals surface area contributed by atoms with Gasteiger partial charge in [-0.25, -0.2) is 0 Å². The molecule has 0 N–H and O–H groups in total. The second kappa shape index (κ2) is 12.5. The van der Waals surface area contributed by atoms with E-state index < -0.39 is 7.81 Å². The number of halogens is 7. The molecule has 2 nitrogen and oxygen atoms in total. The fraction of sp³-hybridized carbons (Fsp3) is 0.444. The van der Waals surface area contributed by atoms with Gasteiger partial charge in [0.15, 0.2) is 0 Å². The van der Waals surface area contributed by atoms with Crippen molar-refractivity contribution < 1.29 is 42.5 Å². The fourth-order valence-electron chi connectivity index (χ4n) is 2.78. The van der Waals surface area contributed by atoms with Gasteiger partial charge in [0.2, 0.25) is 0 Å². The van der Waals surface area contributed by atoms with Gasteiger partial charge in [-0.3, -0.25) is 0 Å². The Morgan fingerprint density at radius 3 is 0.966 bits per heavy atom. The maximum absolute atomic E-state index is 10.7. The van der Waals surface area contributed by atoms with Gasteiger partial charge in [-0.15, -0.1) is 0 Å². The Balaban J connectivity index is 0. The van der Waals surface area contributed by atoms with Gasteiger partial charge in [0.05, 0.1) is 12.1 Å². The van der Waals surface area contributed by atoms with Crippen molar-refractivity contribution in [3.05, 3.63) is 46.6 Å². The predicted molar refractivity (Wildman–Crippen MR) is 102 cm³/mol. The molecule has 0 heterocycles. The molecule has 0 aromatic rings. The molecule has 0 unspecified atom stereocenters. The van der Waals surface area contributed by atoms with E-state index in [1.807, 2.05) is 17.3 Å². The number of hydrogen-bond donors (Lipinski definition) is 0. The van der Waals surface area contributed by atoms with E-state index in [-0.39, 0.29) is 0 Å². The van der Waals surface area contributed by atoms with E-state index in [2.05, 4.69) is 34.0 Å². The summed E-state index contributed by atoms with van der Waals surface area (Å²) in [6.45, 7) is 2.86. The summed E-state index contributed by atoms with van der Waals surface area (Å²) in [5.74, 6) is 0. The molecule has 0 aromatic carbocycles. The van der Waals surface area contributed by atoms with Crippen molar-refractivity contribution in [2.24, 2.45) is 0 Å². The third-order valence-electron chi connectivity index (χ3n) is 3.64. The van der Waals surface area contributed by atoms with Crippen LogP contribution in [0.3, 0.4) is 0 Å². The van der Waals surface area contributed by atoms with Crippen molar-refractivity contribution in [2.75, 3.05) is 0 Å². The zero-order valence-corrected chi connectivity index (χ0v) is 19.3. The summed E-state index contributed by atoms with van der Waals surface area (Å²) < 4.78 is 59.2. The van der Waals surface area contributed by atoms with E-state index in [9.17, 15) is 25.2 Å². The topological polar surface area (TPSA) is 47.6 Å². The van der Waals surface area contributed by atoms with Crippen LogP contribution in [-0.4, -0.2) is 0 Å². The molecule has 0 saturated heterocycles. The Labute approximate surface area is 181 Å². The van der Waals surface area contributed by atoms with Crippen molar-refractivity contribution in [3.63, 3.8) is 0 Å². The molecule has 167 valence electrons. The molecule has 3 aliphatic carbocycles. The molecule has 0 amide bonds. The zero-order chi connectivity index (χ0) is 23.2. The van der Waals surface area contributed by atoms with Gasteiger partial charge in [0.1, 0.15) is 0 Å². The first-order chi connectivity index (χ1) is 13.2. The third kappa shape index (κ3) is 19.9. The summed E-state index contributed by atoms with van der Waals surface area (Å²) >= 11 is 1.82. The molecular formula is C18H22ClF6N2PRu-. The summed E-state index contributed by atoms with van der Waals surface area (Å²) in [6, 6.07) is 3.50. The van der Waals surface area contributed by atoms with Gasteiger partial charge in [0, 0.05) is 13.8 Å². The third-order valence-corrected chi connectivity index (χ3v) is 3.64. The van der Waals surface area contributed by atoms with E-state index in [1.54, 1.807) is 34.4 Å². The summed E-state index contributed by atoms with van der Waals surface area (Å²) in [7, 11) is -6.09. The first-order valence-corrected chi connectivity index (χ1v) is 12.5. The molecule has 0 saturated carbocycles. The van der Waals surface area contributed by atoms with Crippen molar-refractivity contribution in [1.82, 2.24) is 0 Å². The van der Waals surface area contributed by atoms with Crippen LogP contribution in [0.15, 0.2) is 46.6 Å². The maximum atomic E-state index is 9.87. The quantitative estimate of drug-likeness (QED) is 0.131. The van der Waals surface area contributed by atoms with Crippen LogP contribution in [0.2, 0.25) is 0 Å². The van der Waals surface area contributed by atoms with Crippen LogP contribution in [0.4, 0.5) is 25.2 Å². The minimum absolute atomic E-state index is 1.22. The average molecular weight is 548 g/mol. The van der Waals surface area contributed by atoms with Crippen molar-refractivity contribution >= 4 is 17.5 Å². The molecule has 0 aliphatic heterocycles. The first kappa shape index (κ1) is 30.1. The molecule has 3 rings (SSSR count). The van der Waals surface area contributed by atoms with Crippen molar-refractivity contribution in [1.29, 1.82) is 10.5 Å². The number of rotatable bonds is 0. The average Bonchev–Trinajstić information content (AvgIpc) is 2.60. The summed E-state index contributed by atoms with van der Waals surface area (Å²) in [5.41, 5.74) is 6.89. The molecule has 0 aromatic heterocycles. The zero-order valence-electron chi connectivity index (χ0n) is 15.9. The van der Waals surface area contributed by atoms with Crippen LogP contribution in [0.25, 0.3) is 0 Å². The first-order valence-electron chi connectivity index (χ1n) is 8.22. The molecule has 0 fully saturated rings.